The maximum Gasteiger partial charge on any atom is 0.254 e. The van der Waals surface area contributed by atoms with Crippen LogP contribution in [0.1, 0.15) is 67.7 Å². The van der Waals surface area contributed by atoms with Gasteiger partial charge in [0.2, 0.25) is 5.91 Å². The Kier molecular flexibility index (Phi) is 8.07. The molecule has 5 heterocycles. The Morgan fingerprint density at radius 2 is 1.88 bits per heavy atom. The van der Waals surface area contributed by atoms with Crippen molar-refractivity contribution in [1.29, 1.82) is 0 Å². The van der Waals surface area contributed by atoms with Gasteiger partial charge >= 0.3 is 0 Å². The molecule has 3 aliphatic heterocycles. The molecule has 3 saturated heterocycles. The van der Waals surface area contributed by atoms with Crippen molar-refractivity contribution in [2.75, 3.05) is 45.9 Å². The number of amides is 2. The minimum absolute atomic E-state index is 0.0757. The van der Waals surface area contributed by atoms with Gasteiger partial charge in [-0.3, -0.25) is 14.5 Å². The summed E-state index contributed by atoms with van der Waals surface area (Å²) in [6.07, 6.45) is 6.71. The van der Waals surface area contributed by atoms with Gasteiger partial charge in [0, 0.05) is 62.9 Å². The minimum Gasteiger partial charge on any atom is -0.377 e. The number of halogens is 1. The number of carbonyl (C=O) groups is 2. The van der Waals surface area contributed by atoms with Crippen molar-refractivity contribution in [3.63, 3.8) is 0 Å². The lowest BCUT2D eigenvalue weighted by Crippen LogP contribution is -2.54. The summed E-state index contributed by atoms with van der Waals surface area (Å²) < 4.78 is 22.2. The number of piperidine rings is 1. The van der Waals surface area contributed by atoms with Gasteiger partial charge in [-0.25, -0.2) is 9.37 Å². The molecule has 8 nitrogen and oxygen atoms in total. The molecular weight excluding hydrogens is 533 g/mol. The first kappa shape index (κ1) is 28.8. The highest BCUT2D eigenvalue weighted by molar-refractivity contribution is 6.03. The first-order chi connectivity index (χ1) is 20.2. The zero-order chi connectivity index (χ0) is 29.5. The number of nitrogens with zero attached hydrogens (tertiary/aromatic N) is 5. The van der Waals surface area contributed by atoms with Gasteiger partial charge in [0.15, 0.2) is 0 Å². The van der Waals surface area contributed by atoms with Crippen LogP contribution >= 0.6 is 0 Å². The van der Waals surface area contributed by atoms with Gasteiger partial charge in [-0.15, -0.1) is 0 Å². The van der Waals surface area contributed by atoms with Crippen molar-refractivity contribution in [3.8, 4) is 11.1 Å². The summed E-state index contributed by atoms with van der Waals surface area (Å²) in [5.74, 6) is 1.50. The normalized spacial score (nSPS) is 21.5. The van der Waals surface area contributed by atoms with E-state index in [1.165, 1.54) is 17.7 Å². The zero-order valence-corrected chi connectivity index (χ0v) is 25.2. The van der Waals surface area contributed by atoms with E-state index < -0.39 is 5.82 Å². The highest BCUT2D eigenvalue weighted by Crippen LogP contribution is 2.38. The number of pyridine rings is 1. The molecule has 3 fully saturated rings. The molecular formula is C33H42FN5O3. The molecule has 3 aromatic rings. The molecule has 1 unspecified atom stereocenters. The van der Waals surface area contributed by atoms with Crippen molar-refractivity contribution in [1.82, 2.24) is 24.1 Å². The van der Waals surface area contributed by atoms with Crippen LogP contribution in [0, 0.1) is 18.7 Å². The Bertz CT molecular complexity index is 1470. The first-order valence-corrected chi connectivity index (χ1v) is 15.4. The number of fused-ring (bicyclic) bond motifs is 1. The smallest absolute Gasteiger partial charge is 0.254 e. The van der Waals surface area contributed by atoms with Crippen LogP contribution in [0.5, 0.6) is 0 Å². The Balaban J connectivity index is 1.25. The van der Waals surface area contributed by atoms with Gasteiger partial charge in [-0.2, -0.15) is 0 Å². The summed E-state index contributed by atoms with van der Waals surface area (Å²) in [4.78, 5) is 36.8. The van der Waals surface area contributed by atoms with E-state index in [0.29, 0.717) is 49.6 Å². The molecule has 0 spiro atoms. The van der Waals surface area contributed by atoms with E-state index in [2.05, 4.69) is 33.5 Å². The number of rotatable bonds is 6. The van der Waals surface area contributed by atoms with E-state index in [9.17, 15) is 14.0 Å². The fourth-order valence-corrected chi connectivity index (χ4v) is 7.00. The largest absolute Gasteiger partial charge is 0.377 e. The molecule has 1 aromatic carbocycles. The highest BCUT2D eigenvalue weighted by atomic mass is 19.1. The molecule has 2 atom stereocenters. The fraction of sp³-hybridized carbons (Fsp3) is 0.545. The van der Waals surface area contributed by atoms with Crippen LogP contribution in [0.25, 0.3) is 16.6 Å². The van der Waals surface area contributed by atoms with Crippen LogP contribution in [-0.2, 0) is 9.53 Å². The number of hydrogen-bond donors (Lipinski definition) is 0. The topological polar surface area (TPSA) is 70.4 Å². The summed E-state index contributed by atoms with van der Waals surface area (Å²) in [5.41, 5.74) is 4.11. The lowest BCUT2D eigenvalue weighted by molar-refractivity contribution is -0.132. The number of aromatic nitrogens is 2. The Labute approximate surface area is 247 Å². The van der Waals surface area contributed by atoms with Crippen LogP contribution in [-0.4, -0.2) is 93.9 Å². The molecule has 42 heavy (non-hydrogen) atoms. The van der Waals surface area contributed by atoms with E-state index >= 15 is 0 Å². The first-order valence-electron chi connectivity index (χ1n) is 15.4. The van der Waals surface area contributed by atoms with Gasteiger partial charge in [-0.1, -0.05) is 13.0 Å². The van der Waals surface area contributed by atoms with Crippen LogP contribution in [0.15, 0.2) is 36.7 Å². The van der Waals surface area contributed by atoms with Crippen LogP contribution in [0.3, 0.4) is 0 Å². The molecule has 3 aliphatic rings. The predicted molar refractivity (Wildman–Crippen MR) is 160 cm³/mol. The monoisotopic (exact) mass is 575 g/mol. The second kappa shape index (κ2) is 11.8. The quantitative estimate of drug-likeness (QED) is 0.425. The maximum atomic E-state index is 14.6. The van der Waals surface area contributed by atoms with Crippen LogP contribution in [0.4, 0.5) is 4.39 Å². The van der Waals surface area contributed by atoms with Crippen molar-refractivity contribution >= 4 is 17.3 Å². The second-order valence-corrected chi connectivity index (χ2v) is 12.3. The molecule has 0 saturated carbocycles. The van der Waals surface area contributed by atoms with Gasteiger partial charge in [0.1, 0.15) is 11.6 Å². The molecule has 0 bridgehead atoms. The summed E-state index contributed by atoms with van der Waals surface area (Å²) in [6.45, 7) is 13.3. The Morgan fingerprint density at radius 3 is 2.60 bits per heavy atom. The number of imidazole rings is 1. The van der Waals surface area contributed by atoms with E-state index in [0.717, 1.165) is 61.5 Å². The van der Waals surface area contributed by atoms with E-state index in [4.69, 9.17) is 4.74 Å². The lowest BCUT2D eigenvalue weighted by atomic mass is 9.83. The predicted octanol–water partition coefficient (Wildman–Crippen LogP) is 4.75. The van der Waals surface area contributed by atoms with Crippen LogP contribution < -0.4 is 0 Å². The molecule has 0 radical (unpaired) electrons. The van der Waals surface area contributed by atoms with Gasteiger partial charge in [0.05, 0.1) is 36.5 Å². The average Bonchev–Trinajstić information content (AvgIpc) is 3.36. The number of carbonyl (C=O) groups excluding carboxylic acids is 2. The number of hydrogen-bond acceptors (Lipinski definition) is 5. The zero-order valence-electron chi connectivity index (χ0n) is 25.2. The van der Waals surface area contributed by atoms with Crippen molar-refractivity contribution in [3.05, 3.63) is 59.4 Å². The minimum atomic E-state index is -0.423. The van der Waals surface area contributed by atoms with E-state index in [1.807, 2.05) is 31.9 Å². The summed E-state index contributed by atoms with van der Waals surface area (Å²) in [7, 11) is 0. The third-order valence-corrected chi connectivity index (χ3v) is 9.81. The lowest BCUT2D eigenvalue weighted by Gasteiger charge is -2.47. The van der Waals surface area contributed by atoms with Crippen molar-refractivity contribution in [2.24, 2.45) is 5.92 Å². The Morgan fingerprint density at radius 1 is 1.12 bits per heavy atom. The van der Waals surface area contributed by atoms with Gasteiger partial charge in [-0.05, 0) is 68.9 Å². The molecule has 0 aliphatic carbocycles. The number of likely N-dealkylation sites (tertiary alicyclic amines) is 2. The van der Waals surface area contributed by atoms with Crippen molar-refractivity contribution in [2.45, 2.75) is 65.0 Å². The van der Waals surface area contributed by atoms with E-state index in [1.54, 1.807) is 11.0 Å². The average molecular weight is 576 g/mol. The molecule has 2 amide bonds. The van der Waals surface area contributed by atoms with Crippen LogP contribution in [0.2, 0.25) is 0 Å². The van der Waals surface area contributed by atoms with E-state index in [-0.39, 0.29) is 17.9 Å². The molecule has 6 rings (SSSR count). The van der Waals surface area contributed by atoms with Gasteiger partial charge in [0.25, 0.3) is 5.91 Å². The summed E-state index contributed by atoms with van der Waals surface area (Å²) in [6, 6.07) is 7.12. The summed E-state index contributed by atoms with van der Waals surface area (Å²) in [5, 5.41) is 0. The number of aryl methyl sites for hydroxylation is 1. The summed E-state index contributed by atoms with van der Waals surface area (Å²) >= 11 is 0. The number of benzene rings is 1. The molecule has 2 aromatic heterocycles. The third-order valence-electron chi connectivity index (χ3n) is 9.81. The second-order valence-electron chi connectivity index (χ2n) is 12.3. The fourth-order valence-electron chi connectivity index (χ4n) is 7.00. The molecule has 0 N–H and O–H groups in total. The Hall–Kier alpha value is -3.30. The van der Waals surface area contributed by atoms with Gasteiger partial charge < -0.3 is 18.9 Å². The van der Waals surface area contributed by atoms with Crippen molar-refractivity contribution < 1.29 is 18.7 Å². The highest BCUT2D eigenvalue weighted by Gasteiger charge is 2.37. The molecule has 9 heteroatoms. The number of morpholine rings is 1. The third kappa shape index (κ3) is 5.33. The standard InChI is InChI=1S/C33H42FN5O3/c1-5-32(40)36-10-8-24(9-11-36)22(3)37-17-26(18-37)25-14-29(31-16-35-23(4)39(31)19-25)28-7-6-27(34)15-30(28)33(41)38-12-13-42-20-21(38)2/h6-7,14-16,19,21-22,24,26H,5,8-13,17-18,20H2,1-4H3/t21-,22?/m1/s1. The number of ether oxygens (including phenoxy) is 1. The molecule has 224 valence electrons. The maximum absolute atomic E-state index is 14.6. The SMILES string of the molecule is CCC(=O)N1CCC(C(C)N2CC(c3cc(-c4ccc(F)cc4C(=O)N4CCOC[C@H]4C)c4cnc(C)n4c3)C2)CC1.